The fourth-order valence-corrected chi connectivity index (χ4v) is 7.67. The van der Waals surface area contributed by atoms with Crippen molar-refractivity contribution in [3.8, 4) is 17.2 Å². The van der Waals surface area contributed by atoms with Crippen molar-refractivity contribution in [2.24, 2.45) is 17.8 Å². The molecule has 3 fully saturated rings. The van der Waals surface area contributed by atoms with E-state index in [1.807, 2.05) is 0 Å². The number of benzene rings is 1. The van der Waals surface area contributed by atoms with Crippen LogP contribution in [0, 0.1) is 17.8 Å². The van der Waals surface area contributed by atoms with Crippen LogP contribution in [0.3, 0.4) is 0 Å². The van der Waals surface area contributed by atoms with Crippen LogP contribution in [0.15, 0.2) is 23.8 Å². The van der Waals surface area contributed by atoms with Crippen LogP contribution in [-0.2, 0) is 19.2 Å². The molecular formula is C23H21BrCl2N2O8. The maximum Gasteiger partial charge on any atom is 0.257 e. The minimum atomic E-state index is -2.06. The minimum Gasteiger partial charge on any atom is -0.508 e. The van der Waals surface area contributed by atoms with Crippen LogP contribution in [0.25, 0.3) is 0 Å². The molecule has 36 heavy (non-hydrogen) atoms. The number of amides is 4. The molecule has 1 aromatic rings. The topological polar surface area (TPSA) is 134 Å². The van der Waals surface area contributed by atoms with Crippen molar-refractivity contribution >= 4 is 62.8 Å². The number of imide groups is 2. The van der Waals surface area contributed by atoms with Crippen LogP contribution in [0.5, 0.6) is 17.2 Å². The van der Waals surface area contributed by atoms with E-state index >= 15 is 0 Å². The molecule has 2 aliphatic heterocycles. The van der Waals surface area contributed by atoms with E-state index in [-0.39, 0.29) is 46.2 Å². The molecule has 0 unspecified atom stereocenters. The molecule has 0 bridgehead atoms. The van der Waals surface area contributed by atoms with Gasteiger partial charge >= 0.3 is 0 Å². The number of aromatic hydroxyl groups is 1. The highest BCUT2D eigenvalue weighted by Crippen LogP contribution is 2.67. The summed E-state index contributed by atoms with van der Waals surface area (Å²) in [7, 11) is 2.71. The van der Waals surface area contributed by atoms with Crippen LogP contribution < -0.4 is 9.47 Å². The van der Waals surface area contributed by atoms with Gasteiger partial charge in [-0.3, -0.25) is 29.3 Å². The Hall–Kier alpha value is -2.34. The van der Waals surface area contributed by atoms with E-state index in [9.17, 15) is 29.5 Å². The van der Waals surface area contributed by atoms with Gasteiger partial charge in [-0.15, -0.1) is 23.2 Å². The Balaban J connectivity index is 1.83. The molecule has 10 nitrogen and oxygen atoms in total. The van der Waals surface area contributed by atoms with Gasteiger partial charge in [-0.2, -0.15) is 5.06 Å². The molecule has 0 spiro atoms. The highest BCUT2D eigenvalue weighted by Gasteiger charge is 2.76. The lowest BCUT2D eigenvalue weighted by atomic mass is 9.56. The van der Waals surface area contributed by atoms with Gasteiger partial charge in [0.15, 0.2) is 9.75 Å². The SMILES string of the molecule is COc1cc(O)cc(OC)c1[C@H]1C2=CC[C@@H]3C(=O)N(O)C(=O)[C@@H]3[C@@H]2C[C@@]2(Cl)C(=O)N(CBr)C(=O)[C@@]12Cl. The molecule has 1 aromatic carbocycles. The number of allylic oxidation sites excluding steroid dienone is 2. The van der Waals surface area contributed by atoms with Crippen LogP contribution in [0.2, 0.25) is 0 Å². The summed E-state index contributed by atoms with van der Waals surface area (Å²) in [5.74, 6) is -6.77. The Morgan fingerprint density at radius 1 is 1.06 bits per heavy atom. The van der Waals surface area contributed by atoms with Crippen LogP contribution in [0.4, 0.5) is 0 Å². The number of phenolic OH excluding ortho intramolecular Hbond substituents is 1. The number of phenols is 1. The van der Waals surface area contributed by atoms with Crippen molar-refractivity contribution in [3.05, 3.63) is 29.3 Å². The van der Waals surface area contributed by atoms with Crippen molar-refractivity contribution < 1.29 is 39.0 Å². The van der Waals surface area contributed by atoms with Crippen molar-refractivity contribution in [2.45, 2.75) is 28.5 Å². The van der Waals surface area contributed by atoms with Gasteiger partial charge in [0.25, 0.3) is 23.6 Å². The normalized spacial score (nSPS) is 35.4. The third-order valence-electron chi connectivity index (χ3n) is 7.81. The average molecular weight is 604 g/mol. The fraction of sp³-hybridized carbons (Fsp3) is 0.478. The zero-order valence-electron chi connectivity index (χ0n) is 19.0. The molecule has 1 saturated carbocycles. The molecule has 4 aliphatic rings. The van der Waals surface area contributed by atoms with E-state index in [2.05, 4.69) is 15.9 Å². The van der Waals surface area contributed by atoms with E-state index in [1.165, 1.54) is 26.4 Å². The third-order valence-corrected chi connectivity index (χ3v) is 9.72. The Morgan fingerprint density at radius 2 is 1.67 bits per heavy atom. The molecule has 0 aromatic heterocycles. The molecule has 13 heteroatoms. The number of halogens is 3. The summed E-state index contributed by atoms with van der Waals surface area (Å²) in [6, 6.07) is 2.63. The van der Waals surface area contributed by atoms with Gasteiger partial charge in [-0.25, -0.2) is 0 Å². The first kappa shape index (κ1) is 25.3. The lowest BCUT2D eigenvalue weighted by molar-refractivity contribution is -0.173. The van der Waals surface area contributed by atoms with Gasteiger partial charge in [0, 0.05) is 23.6 Å². The number of hydroxylamine groups is 2. The van der Waals surface area contributed by atoms with Gasteiger partial charge in [-0.1, -0.05) is 27.6 Å². The number of alkyl halides is 3. The summed E-state index contributed by atoms with van der Waals surface area (Å²) in [4.78, 5) is 49.7. The lowest BCUT2D eigenvalue weighted by Crippen LogP contribution is -2.60. The maximum atomic E-state index is 13.8. The van der Waals surface area contributed by atoms with E-state index in [1.54, 1.807) is 6.08 Å². The summed E-state index contributed by atoms with van der Waals surface area (Å²) in [5.41, 5.74) is 0.586. The van der Waals surface area contributed by atoms with Gasteiger partial charge in [0.05, 0.1) is 31.5 Å². The highest BCUT2D eigenvalue weighted by molar-refractivity contribution is 9.09. The standard InChI is InChI=1S/C23H21BrCl2N2O8/c1-35-13-5-9(29)6-14(36-2)16(13)17-10-3-4-11-15(19(31)28(34)18(11)30)12(10)7-22(25)20(32)27(8-24)21(33)23(17,22)26/h3,5-6,11-12,15,17,29,34H,4,7-8H2,1-2H3/t11-,12+,15-,17+,22+,23-/m0/s1. The van der Waals surface area contributed by atoms with E-state index < -0.39 is 57.0 Å². The Kier molecular flexibility index (Phi) is 5.86. The van der Waals surface area contributed by atoms with Crippen molar-refractivity contribution in [1.82, 2.24) is 9.96 Å². The molecule has 5 rings (SSSR count). The summed E-state index contributed by atoms with van der Waals surface area (Å²) in [6.45, 7) is 0. The van der Waals surface area contributed by atoms with E-state index in [0.29, 0.717) is 5.57 Å². The number of ether oxygens (including phenoxy) is 2. The summed E-state index contributed by atoms with van der Waals surface area (Å²) < 4.78 is 11.1. The predicted octanol–water partition coefficient (Wildman–Crippen LogP) is 2.51. The summed E-state index contributed by atoms with van der Waals surface area (Å²) >= 11 is 17.4. The van der Waals surface area contributed by atoms with Crippen molar-refractivity contribution in [2.75, 3.05) is 19.7 Å². The maximum absolute atomic E-state index is 13.8. The predicted molar refractivity (Wildman–Crippen MR) is 128 cm³/mol. The minimum absolute atomic E-state index is 0.101. The second-order valence-corrected chi connectivity index (χ2v) is 11.0. The van der Waals surface area contributed by atoms with Gasteiger partial charge in [0.1, 0.15) is 17.2 Å². The fourth-order valence-electron chi connectivity index (χ4n) is 6.26. The Morgan fingerprint density at radius 3 is 2.22 bits per heavy atom. The number of methoxy groups -OCH3 is 2. The molecule has 192 valence electrons. The second kappa shape index (κ2) is 8.34. The first-order chi connectivity index (χ1) is 17.0. The van der Waals surface area contributed by atoms with Crippen molar-refractivity contribution in [3.63, 3.8) is 0 Å². The highest BCUT2D eigenvalue weighted by atomic mass is 79.9. The first-order valence-corrected chi connectivity index (χ1v) is 12.9. The smallest absolute Gasteiger partial charge is 0.257 e. The largest absolute Gasteiger partial charge is 0.508 e. The molecule has 4 amide bonds. The Labute approximate surface area is 223 Å². The average Bonchev–Trinajstić information content (AvgIpc) is 3.16. The number of hydrogen-bond donors (Lipinski definition) is 2. The second-order valence-electron chi connectivity index (χ2n) is 9.24. The van der Waals surface area contributed by atoms with Gasteiger partial charge in [0.2, 0.25) is 0 Å². The quantitative estimate of drug-likeness (QED) is 0.176. The number of hydrogen-bond acceptors (Lipinski definition) is 8. The number of nitrogens with zero attached hydrogens (tertiary/aromatic N) is 2. The van der Waals surface area contributed by atoms with Gasteiger partial charge in [-0.05, 0) is 18.8 Å². The molecule has 2 N–H and O–H groups in total. The molecule has 2 heterocycles. The van der Waals surface area contributed by atoms with Crippen LogP contribution in [-0.4, -0.2) is 73.3 Å². The first-order valence-electron chi connectivity index (χ1n) is 11.0. The van der Waals surface area contributed by atoms with E-state index in [4.69, 9.17) is 32.7 Å². The van der Waals surface area contributed by atoms with Crippen LogP contribution >= 0.6 is 39.1 Å². The van der Waals surface area contributed by atoms with Crippen LogP contribution in [0.1, 0.15) is 24.3 Å². The number of rotatable bonds is 4. The molecule has 2 aliphatic carbocycles. The number of carbonyl (C=O) groups excluding carboxylic acids is 4. The third kappa shape index (κ3) is 2.94. The lowest BCUT2D eigenvalue weighted by Gasteiger charge is -2.51. The molecule has 6 atom stereocenters. The van der Waals surface area contributed by atoms with Gasteiger partial charge < -0.3 is 14.6 Å². The zero-order chi connectivity index (χ0) is 26.3. The zero-order valence-corrected chi connectivity index (χ0v) is 22.1. The molecule has 0 radical (unpaired) electrons. The summed E-state index contributed by atoms with van der Waals surface area (Å²) in [5, 5.41) is 20.4. The summed E-state index contributed by atoms with van der Waals surface area (Å²) in [6.07, 6.45) is 1.59. The Bertz CT molecular complexity index is 1230. The van der Waals surface area contributed by atoms with Crippen molar-refractivity contribution in [1.29, 1.82) is 0 Å². The molecule has 2 saturated heterocycles. The number of carbonyl (C=O) groups is 4. The number of fused-ring (bicyclic) bond motifs is 4. The van der Waals surface area contributed by atoms with E-state index in [0.717, 1.165) is 4.90 Å². The number of likely N-dealkylation sites (tertiary alicyclic amines) is 1. The molecular weight excluding hydrogens is 583 g/mol. The monoisotopic (exact) mass is 602 g/mol.